The van der Waals surface area contributed by atoms with Gasteiger partial charge < -0.3 is 4.74 Å². The van der Waals surface area contributed by atoms with Gasteiger partial charge in [-0.1, -0.05) is 6.07 Å². The highest BCUT2D eigenvalue weighted by Crippen LogP contribution is 2.32. The molecule has 1 aliphatic rings. The Morgan fingerprint density at radius 2 is 2.25 bits per heavy atom. The number of benzene rings is 1. The summed E-state index contributed by atoms with van der Waals surface area (Å²) in [6.07, 6.45) is 1.55. The Balaban J connectivity index is 1.97. The fraction of sp³-hybridized carbons (Fsp3) is 0.312. The van der Waals surface area contributed by atoms with Gasteiger partial charge in [-0.3, -0.25) is 15.0 Å². The van der Waals surface area contributed by atoms with E-state index in [0.29, 0.717) is 23.7 Å². The maximum absolute atomic E-state index is 13.7. The second kappa shape index (κ2) is 6.56. The van der Waals surface area contributed by atoms with Gasteiger partial charge in [0.15, 0.2) is 5.13 Å². The van der Waals surface area contributed by atoms with Crippen molar-refractivity contribution in [3.8, 4) is 0 Å². The summed E-state index contributed by atoms with van der Waals surface area (Å²) in [5, 5.41) is 3.13. The minimum absolute atomic E-state index is 0.320. The average Bonchev–Trinajstić information content (AvgIpc) is 2.97. The molecule has 0 spiro atoms. The van der Waals surface area contributed by atoms with E-state index in [1.165, 1.54) is 35.5 Å². The Morgan fingerprint density at radius 1 is 1.46 bits per heavy atom. The second-order valence-corrected chi connectivity index (χ2v) is 6.66. The van der Waals surface area contributed by atoms with E-state index < -0.39 is 23.9 Å². The van der Waals surface area contributed by atoms with Crippen LogP contribution in [0.4, 0.5) is 14.3 Å². The van der Waals surface area contributed by atoms with E-state index in [1.54, 1.807) is 12.3 Å². The Labute approximate surface area is 142 Å². The summed E-state index contributed by atoms with van der Waals surface area (Å²) in [5.41, 5.74) is 1.31. The predicted octanol–water partition coefficient (Wildman–Crippen LogP) is 2.89. The fourth-order valence-corrected chi connectivity index (χ4v) is 3.44. The van der Waals surface area contributed by atoms with Crippen molar-refractivity contribution in [2.45, 2.75) is 19.4 Å². The molecule has 0 fully saturated rings. The number of anilines is 1. The molecule has 24 heavy (non-hydrogen) atoms. The van der Waals surface area contributed by atoms with Crippen molar-refractivity contribution < 1.29 is 18.7 Å². The summed E-state index contributed by atoms with van der Waals surface area (Å²) in [4.78, 5) is 31.2. The van der Waals surface area contributed by atoms with Crippen molar-refractivity contribution >= 4 is 28.5 Å². The van der Waals surface area contributed by atoms with Crippen LogP contribution in [0, 0.1) is 12.7 Å². The molecule has 8 heteroatoms. The van der Waals surface area contributed by atoms with E-state index in [0.717, 1.165) is 10.4 Å². The van der Waals surface area contributed by atoms with Crippen LogP contribution >= 0.6 is 11.3 Å². The van der Waals surface area contributed by atoms with E-state index in [1.807, 2.05) is 6.92 Å². The molecule has 3 rings (SSSR count). The van der Waals surface area contributed by atoms with Crippen LogP contribution < -0.4 is 5.32 Å². The number of aryl methyl sites for hydroxylation is 1. The Kier molecular flexibility index (Phi) is 4.48. The van der Waals surface area contributed by atoms with Gasteiger partial charge in [0.25, 0.3) is 5.91 Å². The Bertz CT molecular complexity index is 793. The zero-order chi connectivity index (χ0) is 17.3. The van der Waals surface area contributed by atoms with Gasteiger partial charge in [-0.05, 0) is 36.6 Å². The average molecular weight is 349 g/mol. The minimum atomic E-state index is -0.957. The zero-order valence-electron chi connectivity index (χ0n) is 13.2. The van der Waals surface area contributed by atoms with Crippen molar-refractivity contribution in [3.63, 3.8) is 0 Å². The molecule has 0 aliphatic carbocycles. The summed E-state index contributed by atoms with van der Waals surface area (Å²) in [6, 6.07) is 3.34. The first-order chi connectivity index (χ1) is 11.5. The lowest BCUT2D eigenvalue weighted by Crippen LogP contribution is -2.45. The van der Waals surface area contributed by atoms with Crippen LogP contribution in [0.5, 0.6) is 0 Å². The normalized spacial score (nSPS) is 16.5. The third-order valence-corrected chi connectivity index (χ3v) is 4.67. The zero-order valence-corrected chi connectivity index (χ0v) is 14.0. The molecule has 1 aromatic carbocycles. The van der Waals surface area contributed by atoms with Crippen LogP contribution in [-0.4, -0.2) is 35.5 Å². The second-order valence-electron chi connectivity index (χ2n) is 5.42. The maximum Gasteiger partial charge on any atom is 0.410 e. The number of ether oxygens (including phenoxy) is 1. The number of rotatable bonds is 2. The minimum Gasteiger partial charge on any atom is -0.453 e. The number of halogens is 1. The number of hydrogen-bond donors (Lipinski definition) is 1. The molecule has 0 radical (unpaired) electrons. The highest BCUT2D eigenvalue weighted by atomic mass is 32.1. The van der Waals surface area contributed by atoms with Gasteiger partial charge in [-0.2, -0.15) is 0 Å². The van der Waals surface area contributed by atoms with Crippen molar-refractivity contribution in [2.24, 2.45) is 0 Å². The summed E-state index contributed by atoms with van der Waals surface area (Å²) in [5.74, 6) is -0.898. The van der Waals surface area contributed by atoms with Crippen molar-refractivity contribution in [1.82, 2.24) is 9.88 Å². The largest absolute Gasteiger partial charge is 0.453 e. The molecule has 0 saturated carbocycles. The molecule has 1 N–H and O–H groups in total. The Morgan fingerprint density at radius 3 is 2.92 bits per heavy atom. The SMILES string of the molecule is COC(=O)N1CCc2ccc(F)cc2[C@@H]1C(=O)Nc1ncc(C)s1. The standard InChI is InChI=1S/C16H16FN3O3S/c1-9-8-18-15(24-9)19-14(21)13-12-7-11(17)4-3-10(12)5-6-20(13)16(22)23-2/h3-4,7-8,13H,5-6H2,1-2H3,(H,18,19,21)/t13-/m1/s1. The summed E-state index contributed by atoms with van der Waals surface area (Å²) >= 11 is 1.33. The highest BCUT2D eigenvalue weighted by molar-refractivity contribution is 7.15. The molecule has 2 heterocycles. The van der Waals surface area contributed by atoms with E-state index in [4.69, 9.17) is 4.74 Å². The van der Waals surface area contributed by atoms with E-state index in [2.05, 4.69) is 10.3 Å². The van der Waals surface area contributed by atoms with Crippen LogP contribution in [0.3, 0.4) is 0 Å². The number of amides is 2. The molecule has 126 valence electrons. The van der Waals surface area contributed by atoms with E-state index >= 15 is 0 Å². The quantitative estimate of drug-likeness (QED) is 0.905. The van der Waals surface area contributed by atoms with Gasteiger partial charge >= 0.3 is 6.09 Å². The number of fused-ring (bicyclic) bond motifs is 1. The monoisotopic (exact) mass is 349 g/mol. The maximum atomic E-state index is 13.7. The molecule has 0 saturated heterocycles. The van der Waals surface area contributed by atoms with Gasteiger partial charge in [0.05, 0.1) is 7.11 Å². The Hall–Kier alpha value is -2.48. The number of thiazole rings is 1. The highest BCUT2D eigenvalue weighted by Gasteiger charge is 2.37. The molecule has 1 atom stereocenters. The van der Waals surface area contributed by atoms with Gasteiger partial charge in [0.1, 0.15) is 11.9 Å². The lowest BCUT2D eigenvalue weighted by Gasteiger charge is -2.35. The molecule has 2 aromatic rings. The number of nitrogens with one attached hydrogen (secondary N) is 1. The number of aromatic nitrogens is 1. The molecular formula is C16H16FN3O3S. The van der Waals surface area contributed by atoms with Crippen LogP contribution in [0.1, 0.15) is 22.0 Å². The number of carbonyl (C=O) groups is 2. The third-order valence-electron chi connectivity index (χ3n) is 3.85. The summed E-state index contributed by atoms with van der Waals surface area (Å²) in [6.45, 7) is 2.19. The van der Waals surface area contributed by atoms with Gasteiger partial charge in [0, 0.05) is 17.6 Å². The van der Waals surface area contributed by atoms with E-state index in [-0.39, 0.29) is 0 Å². The van der Waals surface area contributed by atoms with Crippen molar-refractivity contribution in [2.75, 3.05) is 19.0 Å². The lowest BCUT2D eigenvalue weighted by molar-refractivity contribution is -0.121. The van der Waals surface area contributed by atoms with Gasteiger partial charge in [-0.15, -0.1) is 11.3 Å². The molecule has 1 aliphatic heterocycles. The van der Waals surface area contributed by atoms with Gasteiger partial charge in [0.2, 0.25) is 0 Å². The van der Waals surface area contributed by atoms with Gasteiger partial charge in [-0.25, -0.2) is 14.2 Å². The van der Waals surface area contributed by atoms with Crippen molar-refractivity contribution in [3.05, 3.63) is 46.2 Å². The number of hydrogen-bond acceptors (Lipinski definition) is 5. The molecule has 0 unspecified atom stereocenters. The first-order valence-corrected chi connectivity index (χ1v) is 8.17. The topological polar surface area (TPSA) is 71.5 Å². The van der Waals surface area contributed by atoms with Crippen LogP contribution in [-0.2, 0) is 16.0 Å². The fourth-order valence-electron chi connectivity index (χ4n) is 2.77. The van der Waals surface area contributed by atoms with Crippen LogP contribution in [0.25, 0.3) is 0 Å². The smallest absolute Gasteiger partial charge is 0.410 e. The molecule has 1 aromatic heterocycles. The molecule has 6 nitrogen and oxygen atoms in total. The first kappa shape index (κ1) is 16.4. The molecule has 0 bridgehead atoms. The van der Waals surface area contributed by atoms with Crippen LogP contribution in [0.15, 0.2) is 24.4 Å². The predicted molar refractivity (Wildman–Crippen MR) is 87.4 cm³/mol. The summed E-state index contributed by atoms with van der Waals surface area (Å²) < 4.78 is 18.5. The number of carbonyl (C=O) groups excluding carboxylic acids is 2. The van der Waals surface area contributed by atoms with Crippen molar-refractivity contribution in [1.29, 1.82) is 0 Å². The summed E-state index contributed by atoms with van der Waals surface area (Å²) in [7, 11) is 1.25. The number of methoxy groups -OCH3 is 1. The first-order valence-electron chi connectivity index (χ1n) is 7.36. The lowest BCUT2D eigenvalue weighted by atomic mass is 9.92. The number of nitrogens with zero attached hydrogens (tertiary/aromatic N) is 2. The third kappa shape index (κ3) is 3.09. The van der Waals surface area contributed by atoms with Crippen LogP contribution in [0.2, 0.25) is 0 Å². The molecular weight excluding hydrogens is 333 g/mol. The van der Waals surface area contributed by atoms with E-state index in [9.17, 15) is 14.0 Å². The molecule has 2 amide bonds.